The summed E-state index contributed by atoms with van der Waals surface area (Å²) in [6, 6.07) is 9.80. The van der Waals surface area contributed by atoms with E-state index in [1.807, 2.05) is 55.2 Å². The Labute approximate surface area is 182 Å². The van der Waals surface area contributed by atoms with Crippen LogP contribution in [0.4, 0.5) is 11.5 Å². The predicted octanol–water partition coefficient (Wildman–Crippen LogP) is 4.04. The Hall–Kier alpha value is -3.68. The summed E-state index contributed by atoms with van der Waals surface area (Å²) < 4.78 is 18.9. The van der Waals surface area contributed by atoms with E-state index in [9.17, 15) is 0 Å². The van der Waals surface area contributed by atoms with Gasteiger partial charge in [-0.05, 0) is 31.5 Å². The Morgan fingerprint density at radius 3 is 2.45 bits per heavy atom. The maximum Gasteiger partial charge on any atom is 0.212 e. The molecule has 0 aliphatic carbocycles. The Morgan fingerprint density at radius 1 is 1.00 bits per heavy atom. The average molecular weight is 422 g/mol. The lowest BCUT2D eigenvalue weighted by molar-refractivity contribution is 0.215. The van der Waals surface area contributed by atoms with Gasteiger partial charge in [-0.3, -0.25) is 4.68 Å². The lowest BCUT2D eigenvalue weighted by Crippen LogP contribution is -2.26. The lowest BCUT2D eigenvalue weighted by atomic mass is 10.1. The van der Waals surface area contributed by atoms with Crippen LogP contribution < -0.4 is 24.0 Å². The van der Waals surface area contributed by atoms with Gasteiger partial charge in [-0.15, -0.1) is 0 Å². The second kappa shape index (κ2) is 8.59. The van der Waals surface area contributed by atoms with Crippen LogP contribution in [0.25, 0.3) is 0 Å². The zero-order valence-electron chi connectivity index (χ0n) is 18.4. The monoisotopic (exact) mass is 421 g/mol. The molecule has 0 saturated carbocycles. The van der Waals surface area contributed by atoms with Gasteiger partial charge in [0.2, 0.25) is 5.88 Å². The molecule has 31 heavy (non-hydrogen) atoms. The van der Waals surface area contributed by atoms with Gasteiger partial charge in [-0.2, -0.15) is 5.10 Å². The first-order valence-electron chi connectivity index (χ1n) is 10.0. The number of nitrogens with zero attached hydrogens (tertiary/aromatic N) is 5. The smallest absolute Gasteiger partial charge is 0.212 e. The third kappa shape index (κ3) is 4.14. The molecule has 0 fully saturated rings. The highest BCUT2D eigenvalue weighted by Gasteiger charge is 2.21. The van der Waals surface area contributed by atoms with E-state index in [0.717, 1.165) is 22.6 Å². The van der Waals surface area contributed by atoms with E-state index in [4.69, 9.17) is 14.2 Å². The normalized spacial score (nSPS) is 14.1. The van der Waals surface area contributed by atoms with Crippen LogP contribution in [0, 0.1) is 6.92 Å². The summed E-state index contributed by atoms with van der Waals surface area (Å²) in [5.74, 6) is 2.98. The topological polar surface area (TPSA) is 64.9 Å². The van der Waals surface area contributed by atoms with Crippen molar-refractivity contribution in [2.24, 2.45) is 7.05 Å². The molecule has 2 aromatic heterocycles. The second-order valence-corrected chi connectivity index (χ2v) is 7.38. The molecule has 1 aromatic carbocycles. The van der Waals surface area contributed by atoms with Gasteiger partial charge >= 0.3 is 0 Å². The van der Waals surface area contributed by atoms with E-state index >= 15 is 0 Å². The van der Waals surface area contributed by atoms with Gasteiger partial charge in [-0.25, -0.2) is 4.98 Å². The Balaban J connectivity index is 1.57. The van der Waals surface area contributed by atoms with Gasteiger partial charge in [0.25, 0.3) is 0 Å². The van der Waals surface area contributed by atoms with Crippen molar-refractivity contribution in [1.82, 2.24) is 14.8 Å². The molecule has 1 atom stereocenters. The Morgan fingerprint density at radius 2 is 1.81 bits per heavy atom. The van der Waals surface area contributed by atoms with Gasteiger partial charge in [-0.1, -0.05) is 0 Å². The van der Waals surface area contributed by atoms with Crippen LogP contribution in [0.15, 0.2) is 55.1 Å². The van der Waals surface area contributed by atoms with Crippen LogP contribution >= 0.6 is 0 Å². The van der Waals surface area contributed by atoms with E-state index < -0.39 is 0 Å². The molecule has 0 amide bonds. The van der Waals surface area contributed by atoms with Crippen LogP contribution in [0.5, 0.6) is 17.4 Å². The highest BCUT2D eigenvalue weighted by atomic mass is 16.5. The van der Waals surface area contributed by atoms with Crippen LogP contribution in [0.1, 0.15) is 24.2 Å². The van der Waals surface area contributed by atoms with Crippen molar-refractivity contribution in [3.63, 3.8) is 0 Å². The molecule has 8 heteroatoms. The average Bonchev–Trinajstić information content (AvgIpc) is 3.43. The molecule has 0 bridgehead atoms. The molecule has 4 rings (SSSR count). The molecule has 0 spiro atoms. The number of benzene rings is 1. The Kier molecular flexibility index (Phi) is 5.70. The lowest BCUT2D eigenvalue weighted by Gasteiger charge is -2.25. The van der Waals surface area contributed by atoms with Crippen molar-refractivity contribution >= 4 is 11.5 Å². The number of aryl methyl sites for hydroxylation is 2. The van der Waals surface area contributed by atoms with Gasteiger partial charge in [0.1, 0.15) is 18.6 Å². The number of anilines is 2. The summed E-state index contributed by atoms with van der Waals surface area (Å²) in [5, 5.41) is 4.26. The molecule has 8 nitrogen and oxygen atoms in total. The van der Waals surface area contributed by atoms with Gasteiger partial charge < -0.3 is 24.0 Å². The summed E-state index contributed by atoms with van der Waals surface area (Å²) in [6.07, 6.45) is 7.46. The number of pyridine rings is 1. The third-order valence-electron chi connectivity index (χ3n) is 5.35. The van der Waals surface area contributed by atoms with Gasteiger partial charge in [0.05, 0.1) is 20.4 Å². The number of ether oxygens (including phenoxy) is 3. The molecular formula is C23H27N5O3. The van der Waals surface area contributed by atoms with E-state index in [1.165, 1.54) is 0 Å². The summed E-state index contributed by atoms with van der Waals surface area (Å²) in [5.41, 5.74) is 3.10. The van der Waals surface area contributed by atoms with Crippen molar-refractivity contribution in [2.45, 2.75) is 20.0 Å². The molecule has 162 valence electrons. The van der Waals surface area contributed by atoms with Crippen molar-refractivity contribution < 1.29 is 14.2 Å². The van der Waals surface area contributed by atoms with Gasteiger partial charge in [0, 0.05) is 55.1 Å². The minimum atomic E-state index is -0.206. The first kappa shape index (κ1) is 20.6. The van der Waals surface area contributed by atoms with E-state index in [1.54, 1.807) is 26.6 Å². The molecule has 0 saturated heterocycles. The fourth-order valence-corrected chi connectivity index (χ4v) is 3.60. The van der Waals surface area contributed by atoms with Crippen LogP contribution in [-0.4, -0.2) is 35.7 Å². The zero-order valence-corrected chi connectivity index (χ0v) is 18.4. The number of methoxy groups -OCH3 is 2. The fraction of sp³-hybridized carbons (Fsp3) is 0.304. The molecule has 1 unspecified atom stereocenters. The first-order valence-corrected chi connectivity index (χ1v) is 10.0. The van der Waals surface area contributed by atoms with E-state index in [0.29, 0.717) is 24.0 Å². The minimum Gasteiger partial charge on any atom is -0.493 e. The zero-order chi connectivity index (χ0) is 22.0. The molecule has 0 N–H and O–H groups in total. The van der Waals surface area contributed by atoms with Crippen molar-refractivity contribution in [1.29, 1.82) is 0 Å². The highest BCUT2D eigenvalue weighted by molar-refractivity contribution is 5.65. The first-order chi connectivity index (χ1) is 15.0. The molecule has 3 heterocycles. The fourth-order valence-electron chi connectivity index (χ4n) is 3.60. The summed E-state index contributed by atoms with van der Waals surface area (Å²) in [7, 11) is 5.19. The van der Waals surface area contributed by atoms with Crippen molar-refractivity contribution in [2.75, 3.05) is 30.7 Å². The second-order valence-electron chi connectivity index (χ2n) is 7.38. The van der Waals surface area contributed by atoms with Gasteiger partial charge in [0.15, 0.2) is 11.5 Å². The standard InChI is InChI=1S/C23H27N5O3/c1-16-12-20(29-4)21(31-17(2)18-6-7-22(30-5)24-14-18)13-19(16)27-10-11-28(15-27)23-8-9-25-26(23)3/h6-14,17H,15H2,1-5H3. The molecule has 1 aliphatic rings. The van der Waals surface area contributed by atoms with Crippen molar-refractivity contribution in [3.8, 4) is 17.4 Å². The maximum atomic E-state index is 6.29. The molecule has 3 aromatic rings. The number of aromatic nitrogens is 3. The third-order valence-corrected chi connectivity index (χ3v) is 5.35. The van der Waals surface area contributed by atoms with E-state index in [2.05, 4.69) is 33.0 Å². The molecule has 1 aliphatic heterocycles. The number of hydrogen-bond acceptors (Lipinski definition) is 7. The number of hydrogen-bond donors (Lipinski definition) is 0. The predicted molar refractivity (Wildman–Crippen MR) is 120 cm³/mol. The quantitative estimate of drug-likeness (QED) is 0.570. The molecule has 0 radical (unpaired) electrons. The molecular weight excluding hydrogens is 394 g/mol. The minimum absolute atomic E-state index is 0.206. The highest BCUT2D eigenvalue weighted by Crippen LogP contribution is 2.38. The summed E-state index contributed by atoms with van der Waals surface area (Å²) in [6.45, 7) is 4.74. The summed E-state index contributed by atoms with van der Waals surface area (Å²) in [4.78, 5) is 8.59. The van der Waals surface area contributed by atoms with Crippen molar-refractivity contribution in [3.05, 3.63) is 66.3 Å². The SMILES string of the molecule is COc1ccc(C(C)Oc2cc(N3C=CN(c4ccnn4C)C3)c(C)cc2OC)cn1. The van der Waals surface area contributed by atoms with Crippen LogP contribution in [0.2, 0.25) is 0 Å². The summed E-state index contributed by atoms with van der Waals surface area (Å²) >= 11 is 0. The van der Waals surface area contributed by atoms with Crippen LogP contribution in [-0.2, 0) is 7.05 Å². The largest absolute Gasteiger partial charge is 0.493 e. The maximum absolute atomic E-state index is 6.29. The number of rotatable bonds is 7. The van der Waals surface area contributed by atoms with E-state index in [-0.39, 0.29) is 6.10 Å². The van der Waals surface area contributed by atoms with Crippen LogP contribution in [0.3, 0.4) is 0 Å². The Bertz CT molecular complexity index is 1080.